The molecule has 8 heteroatoms. The number of para-hydroxylation sites is 1. The van der Waals surface area contributed by atoms with Crippen LogP contribution in [0, 0.1) is 0 Å². The van der Waals surface area contributed by atoms with Gasteiger partial charge in [0.1, 0.15) is 11.5 Å². The molecule has 194 valence electrons. The first-order chi connectivity index (χ1) is 18.3. The molecule has 1 unspecified atom stereocenters. The predicted molar refractivity (Wildman–Crippen MR) is 142 cm³/mol. The first kappa shape index (κ1) is 25.0. The second-order valence-corrected chi connectivity index (χ2v) is 9.10. The van der Waals surface area contributed by atoms with Gasteiger partial charge in [0.15, 0.2) is 22.9 Å². The number of hydrogen-bond donors (Lipinski definition) is 1. The van der Waals surface area contributed by atoms with Crippen molar-refractivity contribution in [2.75, 3.05) is 19.1 Å². The summed E-state index contributed by atoms with van der Waals surface area (Å²) in [7, 11) is 3.04. The summed E-state index contributed by atoms with van der Waals surface area (Å²) in [5.41, 5.74) is 1.38. The molecule has 0 radical (unpaired) electrons. The van der Waals surface area contributed by atoms with E-state index in [0.29, 0.717) is 39.5 Å². The average molecular weight is 514 g/mol. The molecular weight excluding hydrogens is 486 g/mol. The molecule has 0 saturated heterocycles. The zero-order valence-corrected chi connectivity index (χ0v) is 21.4. The number of amides is 1. The first-order valence-electron chi connectivity index (χ1n) is 12.1. The Labute approximate surface area is 219 Å². The summed E-state index contributed by atoms with van der Waals surface area (Å²) in [6.07, 6.45) is -0.0201. The number of aliphatic hydroxyl groups is 1. The van der Waals surface area contributed by atoms with Crippen molar-refractivity contribution in [3.8, 4) is 17.2 Å². The Morgan fingerprint density at radius 2 is 1.68 bits per heavy atom. The maximum atomic E-state index is 13.9. The lowest BCUT2D eigenvalue weighted by Gasteiger charge is -2.27. The van der Waals surface area contributed by atoms with Crippen molar-refractivity contribution in [2.24, 2.45) is 0 Å². The van der Waals surface area contributed by atoms with Gasteiger partial charge >= 0.3 is 0 Å². The zero-order chi connectivity index (χ0) is 27.0. The molecule has 1 amide bonds. The Hall–Kier alpha value is -4.72. The maximum absolute atomic E-state index is 13.9. The topological polar surface area (TPSA) is 98.4 Å². The third-order valence-electron chi connectivity index (χ3n) is 6.30. The third-order valence-corrected chi connectivity index (χ3v) is 6.30. The minimum absolute atomic E-state index is 0.0175. The van der Waals surface area contributed by atoms with Crippen LogP contribution in [-0.4, -0.2) is 37.1 Å². The number of benzene rings is 3. The lowest BCUT2D eigenvalue weighted by Crippen LogP contribution is -2.31. The van der Waals surface area contributed by atoms with Crippen molar-refractivity contribution in [1.29, 1.82) is 0 Å². The fourth-order valence-corrected chi connectivity index (χ4v) is 4.62. The molecule has 0 aliphatic carbocycles. The molecule has 1 aliphatic rings. The van der Waals surface area contributed by atoms with Crippen LogP contribution in [0.4, 0.5) is 5.69 Å². The molecule has 0 spiro atoms. The summed E-state index contributed by atoms with van der Waals surface area (Å²) >= 11 is 0. The Morgan fingerprint density at radius 1 is 0.947 bits per heavy atom. The molecule has 1 N–H and O–H groups in total. The largest absolute Gasteiger partial charge is 0.503 e. The van der Waals surface area contributed by atoms with Gasteiger partial charge in [-0.1, -0.05) is 30.3 Å². The van der Waals surface area contributed by atoms with Crippen LogP contribution in [-0.2, 0) is 4.79 Å². The number of methoxy groups -OCH3 is 2. The number of Topliss-reactive ketones (excluding diaryl/α,β-unsaturated/α-hetero) is 1. The van der Waals surface area contributed by atoms with Crippen molar-refractivity contribution in [2.45, 2.75) is 26.0 Å². The Bertz CT molecular complexity index is 1550. The molecule has 4 aromatic rings. The van der Waals surface area contributed by atoms with Crippen LogP contribution in [0.3, 0.4) is 0 Å². The molecule has 2 heterocycles. The lowest BCUT2D eigenvalue weighted by atomic mass is 9.94. The molecular formula is C30H27NO7. The summed E-state index contributed by atoms with van der Waals surface area (Å²) in [5.74, 6) is -0.328. The highest BCUT2D eigenvalue weighted by Crippen LogP contribution is 2.43. The van der Waals surface area contributed by atoms with E-state index in [9.17, 15) is 14.7 Å². The van der Waals surface area contributed by atoms with E-state index < -0.39 is 23.5 Å². The van der Waals surface area contributed by atoms with E-state index in [0.717, 1.165) is 0 Å². The lowest BCUT2D eigenvalue weighted by molar-refractivity contribution is -0.117. The third kappa shape index (κ3) is 4.34. The summed E-state index contributed by atoms with van der Waals surface area (Å²) in [6, 6.07) is 19.9. The fraction of sp³-hybridized carbons (Fsp3) is 0.200. The number of ether oxygens (including phenoxy) is 3. The van der Waals surface area contributed by atoms with Crippen LogP contribution in [0.2, 0.25) is 0 Å². The molecule has 1 aromatic heterocycles. The van der Waals surface area contributed by atoms with Crippen LogP contribution < -0.4 is 19.1 Å². The van der Waals surface area contributed by atoms with Gasteiger partial charge in [0.05, 0.1) is 31.9 Å². The second kappa shape index (κ2) is 9.97. The first-order valence-corrected chi connectivity index (χ1v) is 12.1. The summed E-state index contributed by atoms with van der Waals surface area (Å²) < 4.78 is 22.3. The average Bonchev–Trinajstić information content (AvgIpc) is 3.47. The molecule has 1 aliphatic heterocycles. The number of aliphatic hydroxyl groups excluding tert-OH is 1. The highest BCUT2D eigenvalue weighted by atomic mass is 16.5. The number of nitrogens with zero attached hydrogens (tertiary/aromatic N) is 1. The second-order valence-electron chi connectivity index (χ2n) is 9.10. The number of hydrogen-bond acceptors (Lipinski definition) is 7. The monoisotopic (exact) mass is 513 g/mol. The number of fused-ring (bicyclic) bond motifs is 1. The van der Waals surface area contributed by atoms with Crippen molar-refractivity contribution < 1.29 is 33.3 Å². The molecule has 1 atom stereocenters. The van der Waals surface area contributed by atoms with Gasteiger partial charge in [0.25, 0.3) is 5.91 Å². The van der Waals surface area contributed by atoms with E-state index in [1.165, 1.54) is 19.1 Å². The molecule has 38 heavy (non-hydrogen) atoms. The fourth-order valence-electron chi connectivity index (χ4n) is 4.62. The van der Waals surface area contributed by atoms with Gasteiger partial charge in [0.2, 0.25) is 5.78 Å². The van der Waals surface area contributed by atoms with Gasteiger partial charge in [-0.2, -0.15) is 0 Å². The highest BCUT2D eigenvalue weighted by molar-refractivity contribution is 6.20. The van der Waals surface area contributed by atoms with Gasteiger partial charge in [0, 0.05) is 17.1 Å². The van der Waals surface area contributed by atoms with E-state index in [4.69, 9.17) is 18.6 Å². The molecule has 8 nitrogen and oxygen atoms in total. The minimum Gasteiger partial charge on any atom is -0.503 e. The Morgan fingerprint density at radius 3 is 2.37 bits per heavy atom. The molecule has 0 fully saturated rings. The van der Waals surface area contributed by atoms with Crippen LogP contribution in [0.1, 0.15) is 36.0 Å². The van der Waals surface area contributed by atoms with E-state index in [2.05, 4.69) is 0 Å². The molecule has 0 bridgehead atoms. The van der Waals surface area contributed by atoms with Gasteiger partial charge in [-0.15, -0.1) is 0 Å². The van der Waals surface area contributed by atoms with E-state index in [-0.39, 0.29) is 17.4 Å². The van der Waals surface area contributed by atoms with E-state index in [1.807, 2.05) is 13.8 Å². The number of carbonyl (C=O) groups is 2. The van der Waals surface area contributed by atoms with E-state index in [1.54, 1.807) is 72.8 Å². The quantitative estimate of drug-likeness (QED) is 0.288. The Balaban J connectivity index is 1.63. The predicted octanol–water partition coefficient (Wildman–Crippen LogP) is 6.02. The van der Waals surface area contributed by atoms with Gasteiger partial charge in [-0.05, 0) is 55.8 Å². The van der Waals surface area contributed by atoms with Crippen molar-refractivity contribution >= 4 is 28.3 Å². The van der Waals surface area contributed by atoms with Gasteiger partial charge in [-0.25, -0.2) is 0 Å². The smallest absolute Gasteiger partial charge is 0.294 e. The van der Waals surface area contributed by atoms with Crippen LogP contribution in [0.5, 0.6) is 17.2 Å². The van der Waals surface area contributed by atoms with Crippen LogP contribution >= 0.6 is 0 Å². The minimum atomic E-state index is -0.926. The highest BCUT2D eigenvalue weighted by Gasteiger charge is 2.45. The van der Waals surface area contributed by atoms with E-state index >= 15 is 0 Å². The van der Waals surface area contributed by atoms with Gasteiger partial charge < -0.3 is 23.7 Å². The maximum Gasteiger partial charge on any atom is 0.294 e. The number of anilines is 1. The summed E-state index contributed by atoms with van der Waals surface area (Å²) in [4.78, 5) is 28.7. The molecule has 3 aromatic carbocycles. The Kier molecular flexibility index (Phi) is 6.55. The number of ketones is 1. The standard InChI is InChI=1S/C30H27NO7/c1-17(2)37-21-13-11-18(12-14-21)26-25(27(32)24-15-19-7-5-10-23(36-4)29(19)38-24)28(33)30(34)31(26)20-8-6-9-22(16-20)35-3/h5-17,26,33H,1-4H3. The molecule has 0 saturated carbocycles. The summed E-state index contributed by atoms with van der Waals surface area (Å²) in [5, 5.41) is 11.7. The van der Waals surface area contributed by atoms with Crippen molar-refractivity contribution in [1.82, 2.24) is 0 Å². The number of rotatable bonds is 8. The molecule has 5 rings (SSSR count). The SMILES string of the molecule is COc1cccc(N2C(=O)C(O)=C(C(=O)c3cc4cccc(OC)c4o3)C2c2ccc(OC(C)C)cc2)c1. The van der Waals surface area contributed by atoms with Gasteiger partial charge in [-0.3, -0.25) is 14.5 Å². The number of carbonyl (C=O) groups excluding carboxylic acids is 2. The van der Waals surface area contributed by atoms with Crippen molar-refractivity contribution in [3.05, 3.63) is 95.5 Å². The normalized spacial score (nSPS) is 15.4. The zero-order valence-electron chi connectivity index (χ0n) is 21.4. The van der Waals surface area contributed by atoms with Crippen LogP contribution in [0.25, 0.3) is 11.0 Å². The summed E-state index contributed by atoms with van der Waals surface area (Å²) in [6.45, 7) is 3.85. The van der Waals surface area contributed by atoms with Crippen LogP contribution in [0.15, 0.2) is 88.5 Å². The van der Waals surface area contributed by atoms with Crippen molar-refractivity contribution in [3.63, 3.8) is 0 Å². The number of furan rings is 1.